The fourth-order valence-corrected chi connectivity index (χ4v) is 4.04. The van der Waals surface area contributed by atoms with Gasteiger partial charge in [-0.1, -0.05) is 0 Å². The Hall–Kier alpha value is -1.35. The van der Waals surface area contributed by atoms with Crippen molar-refractivity contribution in [2.75, 3.05) is 32.4 Å². The summed E-state index contributed by atoms with van der Waals surface area (Å²) in [6.45, 7) is 3.57. The van der Waals surface area contributed by atoms with Crippen LogP contribution in [0, 0.1) is 0 Å². The molecule has 0 saturated carbocycles. The van der Waals surface area contributed by atoms with Gasteiger partial charge in [0.25, 0.3) is 0 Å². The van der Waals surface area contributed by atoms with Crippen LogP contribution in [0.3, 0.4) is 0 Å². The number of hydrogen-bond acceptors (Lipinski definition) is 4. The van der Waals surface area contributed by atoms with Crippen molar-refractivity contribution in [2.45, 2.75) is 44.7 Å². The van der Waals surface area contributed by atoms with Crippen molar-refractivity contribution in [1.82, 2.24) is 19.8 Å². The van der Waals surface area contributed by atoms with Gasteiger partial charge in [-0.25, -0.2) is 17.5 Å². The fraction of sp³-hybridized carbons (Fsp3) is 0.857. The van der Waals surface area contributed by atoms with Crippen molar-refractivity contribution < 1.29 is 18.0 Å². The summed E-state index contributed by atoms with van der Waals surface area (Å²) in [5.41, 5.74) is 0. The topological polar surface area (TPSA) is 98.8 Å². The molecule has 2 aliphatic rings. The van der Waals surface area contributed by atoms with E-state index in [1.165, 1.54) is 17.5 Å². The zero-order valence-corrected chi connectivity index (χ0v) is 14.6. The summed E-state index contributed by atoms with van der Waals surface area (Å²) in [5, 5.41) is 5.85. The monoisotopic (exact) mass is 346 g/mol. The Morgan fingerprint density at radius 1 is 1.00 bits per heavy atom. The lowest BCUT2D eigenvalue weighted by molar-refractivity contribution is -0.119. The van der Waals surface area contributed by atoms with Gasteiger partial charge in [0.1, 0.15) is 0 Å². The summed E-state index contributed by atoms with van der Waals surface area (Å²) in [7, 11) is -3.15. The predicted octanol–water partition coefficient (Wildman–Crippen LogP) is -0.279. The molecule has 8 nitrogen and oxygen atoms in total. The standard InChI is InChI=1S/C14H26N4O4S/c1-11(19)15-13-4-3-7-17(10-13)14(20)16-12-5-8-18(9-6-12)23(2,21)22/h12-13H,3-10H2,1-2H3,(H,15,19)(H,16,20). The molecule has 3 amide bonds. The summed E-state index contributed by atoms with van der Waals surface area (Å²) >= 11 is 0. The predicted molar refractivity (Wildman–Crippen MR) is 86.4 cm³/mol. The third-order valence-electron chi connectivity index (χ3n) is 4.37. The molecule has 23 heavy (non-hydrogen) atoms. The molecule has 2 aliphatic heterocycles. The molecule has 0 radical (unpaired) electrons. The van der Waals surface area contributed by atoms with Gasteiger partial charge in [-0.15, -0.1) is 0 Å². The quantitative estimate of drug-likeness (QED) is 0.734. The normalized spacial score (nSPS) is 24.3. The van der Waals surface area contributed by atoms with Gasteiger partial charge in [0.2, 0.25) is 15.9 Å². The number of likely N-dealkylation sites (tertiary alicyclic amines) is 1. The maximum Gasteiger partial charge on any atom is 0.317 e. The van der Waals surface area contributed by atoms with Crippen LogP contribution in [0.15, 0.2) is 0 Å². The molecule has 0 aromatic rings. The van der Waals surface area contributed by atoms with Crippen LogP contribution in [0.1, 0.15) is 32.6 Å². The molecule has 2 saturated heterocycles. The van der Waals surface area contributed by atoms with E-state index in [0.29, 0.717) is 39.0 Å². The highest BCUT2D eigenvalue weighted by Gasteiger charge is 2.29. The number of hydrogen-bond donors (Lipinski definition) is 2. The van der Waals surface area contributed by atoms with E-state index in [4.69, 9.17) is 0 Å². The zero-order valence-electron chi connectivity index (χ0n) is 13.7. The second kappa shape index (κ2) is 7.48. The molecule has 0 aromatic heterocycles. The lowest BCUT2D eigenvalue weighted by atomic mass is 10.1. The SMILES string of the molecule is CC(=O)NC1CCCN(C(=O)NC2CCN(S(C)(=O)=O)CC2)C1. The van der Waals surface area contributed by atoms with Gasteiger partial charge in [0.05, 0.1) is 6.26 Å². The molecular formula is C14H26N4O4S. The molecular weight excluding hydrogens is 320 g/mol. The second-order valence-corrected chi connectivity index (χ2v) is 8.35. The number of sulfonamides is 1. The third kappa shape index (κ3) is 5.35. The van der Waals surface area contributed by atoms with E-state index < -0.39 is 10.0 Å². The van der Waals surface area contributed by atoms with Crippen molar-refractivity contribution in [1.29, 1.82) is 0 Å². The minimum absolute atomic E-state index is 0.00152. The molecule has 0 aromatic carbocycles. The van der Waals surface area contributed by atoms with E-state index in [0.717, 1.165) is 12.8 Å². The van der Waals surface area contributed by atoms with Gasteiger partial charge >= 0.3 is 6.03 Å². The number of piperidine rings is 2. The van der Waals surface area contributed by atoms with Crippen LogP contribution in [0.25, 0.3) is 0 Å². The molecule has 2 N–H and O–H groups in total. The van der Waals surface area contributed by atoms with Gasteiger partial charge in [-0.05, 0) is 25.7 Å². The van der Waals surface area contributed by atoms with E-state index >= 15 is 0 Å². The van der Waals surface area contributed by atoms with Crippen LogP contribution in [0.4, 0.5) is 4.79 Å². The summed E-state index contributed by atoms with van der Waals surface area (Å²) in [4.78, 5) is 25.2. The first-order valence-electron chi connectivity index (χ1n) is 8.03. The van der Waals surface area contributed by atoms with Crippen LogP contribution in [-0.2, 0) is 14.8 Å². The molecule has 9 heteroatoms. The average Bonchev–Trinajstić information content (AvgIpc) is 2.46. The molecule has 0 aliphatic carbocycles. The van der Waals surface area contributed by atoms with Crippen molar-refractivity contribution >= 4 is 22.0 Å². The van der Waals surface area contributed by atoms with E-state index in [1.54, 1.807) is 4.90 Å². The van der Waals surface area contributed by atoms with Crippen molar-refractivity contribution in [2.24, 2.45) is 0 Å². The van der Waals surface area contributed by atoms with Crippen LogP contribution in [0.2, 0.25) is 0 Å². The molecule has 2 heterocycles. The summed E-state index contributed by atoms with van der Waals surface area (Å²) in [6.07, 6.45) is 4.21. The van der Waals surface area contributed by atoms with Crippen molar-refractivity contribution in [3.05, 3.63) is 0 Å². The van der Waals surface area contributed by atoms with Crippen LogP contribution >= 0.6 is 0 Å². The summed E-state index contributed by atoms with van der Waals surface area (Å²) < 4.78 is 24.4. The fourth-order valence-electron chi connectivity index (χ4n) is 3.16. The molecule has 0 bridgehead atoms. The zero-order chi connectivity index (χ0) is 17.0. The Labute approximate surface area is 137 Å². The van der Waals surface area contributed by atoms with Gasteiger partial charge < -0.3 is 15.5 Å². The number of rotatable bonds is 3. The maximum absolute atomic E-state index is 12.3. The Kier molecular flexibility index (Phi) is 5.85. The summed E-state index contributed by atoms with van der Waals surface area (Å²) in [5.74, 6) is -0.0783. The molecule has 1 atom stereocenters. The molecule has 2 rings (SSSR count). The molecule has 0 spiro atoms. The number of amides is 3. The number of nitrogens with one attached hydrogen (secondary N) is 2. The average molecular weight is 346 g/mol. The number of urea groups is 1. The lowest BCUT2D eigenvalue weighted by Crippen LogP contribution is -2.55. The molecule has 132 valence electrons. The summed E-state index contributed by atoms with van der Waals surface area (Å²) in [6, 6.07) is -0.112. The smallest absolute Gasteiger partial charge is 0.317 e. The van der Waals surface area contributed by atoms with Gasteiger partial charge in [-0.3, -0.25) is 4.79 Å². The highest BCUT2D eigenvalue weighted by molar-refractivity contribution is 7.88. The van der Waals surface area contributed by atoms with Crippen LogP contribution in [-0.4, -0.2) is 74.1 Å². The minimum Gasteiger partial charge on any atom is -0.352 e. The van der Waals surface area contributed by atoms with E-state index in [1.807, 2.05) is 0 Å². The Bertz CT molecular complexity index is 543. The highest BCUT2D eigenvalue weighted by Crippen LogP contribution is 2.15. The first-order valence-corrected chi connectivity index (χ1v) is 9.88. The first kappa shape index (κ1) is 18.0. The van der Waals surface area contributed by atoms with E-state index in [2.05, 4.69) is 10.6 Å². The number of nitrogens with zero attached hydrogens (tertiary/aromatic N) is 2. The molecule has 2 fully saturated rings. The van der Waals surface area contributed by atoms with Crippen molar-refractivity contribution in [3.63, 3.8) is 0 Å². The van der Waals surface area contributed by atoms with Crippen LogP contribution < -0.4 is 10.6 Å². The Morgan fingerprint density at radius 2 is 1.65 bits per heavy atom. The highest BCUT2D eigenvalue weighted by atomic mass is 32.2. The van der Waals surface area contributed by atoms with Gasteiger partial charge in [0.15, 0.2) is 0 Å². The number of carbonyl (C=O) groups is 2. The third-order valence-corrected chi connectivity index (χ3v) is 5.67. The Balaban J connectivity index is 1.80. The van der Waals surface area contributed by atoms with Gasteiger partial charge in [0, 0.05) is 45.2 Å². The van der Waals surface area contributed by atoms with Gasteiger partial charge in [-0.2, -0.15) is 0 Å². The largest absolute Gasteiger partial charge is 0.352 e. The van der Waals surface area contributed by atoms with E-state index in [-0.39, 0.29) is 24.0 Å². The molecule has 1 unspecified atom stereocenters. The first-order chi connectivity index (χ1) is 10.8. The lowest BCUT2D eigenvalue weighted by Gasteiger charge is -2.36. The maximum atomic E-state index is 12.3. The number of carbonyl (C=O) groups excluding carboxylic acids is 2. The van der Waals surface area contributed by atoms with E-state index in [9.17, 15) is 18.0 Å². The minimum atomic E-state index is -3.15. The van der Waals surface area contributed by atoms with Crippen LogP contribution in [0.5, 0.6) is 0 Å². The Morgan fingerprint density at radius 3 is 2.22 bits per heavy atom. The van der Waals surface area contributed by atoms with Crippen molar-refractivity contribution in [3.8, 4) is 0 Å². The second-order valence-electron chi connectivity index (χ2n) is 6.37.